The zero-order valence-electron chi connectivity index (χ0n) is 9.08. The predicted octanol–water partition coefficient (Wildman–Crippen LogP) is 3.42. The summed E-state index contributed by atoms with van der Waals surface area (Å²) in [6, 6.07) is 0. The largest absolute Gasteiger partial charge is 0.298 e. The van der Waals surface area contributed by atoms with Crippen LogP contribution in [0.15, 0.2) is 6.20 Å². The molecule has 2 rings (SSSR count). The Morgan fingerprint density at radius 1 is 1.53 bits per heavy atom. The molecule has 1 aliphatic heterocycles. The number of hydrogen-bond acceptors (Lipinski definition) is 3. The Kier molecular flexibility index (Phi) is 4.00. The summed E-state index contributed by atoms with van der Waals surface area (Å²) in [4.78, 5) is 7.89. The Hall–Kier alpha value is -0.120. The van der Waals surface area contributed by atoms with E-state index >= 15 is 0 Å². The molecule has 0 bridgehead atoms. The van der Waals surface area contributed by atoms with Gasteiger partial charge in [0.25, 0.3) is 0 Å². The second-order valence-corrected chi connectivity index (χ2v) is 6.09. The first-order valence-electron chi connectivity index (χ1n) is 5.56. The molecule has 1 saturated heterocycles. The van der Waals surface area contributed by atoms with Gasteiger partial charge in [-0.2, -0.15) is 0 Å². The fourth-order valence-corrected chi connectivity index (χ4v) is 3.08. The van der Waals surface area contributed by atoms with Crippen molar-refractivity contribution in [2.24, 2.45) is 5.92 Å². The number of aromatic nitrogens is 1. The maximum atomic E-state index is 5.82. The maximum Gasteiger partial charge on any atom is 0.183 e. The van der Waals surface area contributed by atoms with Crippen molar-refractivity contribution in [3.8, 4) is 0 Å². The molecular formula is C11H17ClN2S. The minimum Gasteiger partial charge on any atom is -0.298 e. The molecule has 2 nitrogen and oxygen atoms in total. The third-order valence-corrected chi connectivity index (χ3v) is 4.11. The molecule has 1 aliphatic rings. The average Bonchev–Trinajstić information content (AvgIpc) is 2.48. The molecule has 1 aromatic heterocycles. The summed E-state index contributed by atoms with van der Waals surface area (Å²) in [6.45, 7) is 5.82. The highest BCUT2D eigenvalue weighted by Crippen LogP contribution is 2.22. The average molecular weight is 245 g/mol. The Labute approximate surface area is 100 Å². The van der Waals surface area contributed by atoms with Gasteiger partial charge >= 0.3 is 0 Å². The second-order valence-electron chi connectivity index (χ2n) is 4.39. The lowest BCUT2D eigenvalue weighted by Crippen LogP contribution is -2.23. The van der Waals surface area contributed by atoms with Crippen LogP contribution in [0.3, 0.4) is 0 Å². The second kappa shape index (κ2) is 5.28. The Morgan fingerprint density at radius 2 is 2.40 bits per heavy atom. The molecule has 0 aliphatic carbocycles. The summed E-state index contributed by atoms with van der Waals surface area (Å²) in [6.07, 6.45) is 5.93. The first kappa shape index (κ1) is 11.4. The predicted molar refractivity (Wildman–Crippen MR) is 65.4 cm³/mol. The maximum absolute atomic E-state index is 5.82. The van der Waals surface area contributed by atoms with E-state index in [1.54, 1.807) is 11.3 Å². The van der Waals surface area contributed by atoms with E-state index < -0.39 is 0 Å². The van der Waals surface area contributed by atoms with Crippen LogP contribution in [0.1, 0.15) is 31.1 Å². The van der Waals surface area contributed by atoms with Crippen molar-refractivity contribution in [3.63, 3.8) is 0 Å². The van der Waals surface area contributed by atoms with Crippen molar-refractivity contribution in [2.75, 3.05) is 13.1 Å². The fraction of sp³-hybridized carbons (Fsp3) is 0.727. The van der Waals surface area contributed by atoms with E-state index in [0.717, 1.165) is 12.5 Å². The van der Waals surface area contributed by atoms with E-state index in [2.05, 4.69) is 16.8 Å². The van der Waals surface area contributed by atoms with Gasteiger partial charge in [0.2, 0.25) is 0 Å². The summed E-state index contributed by atoms with van der Waals surface area (Å²) < 4.78 is 0.660. The number of likely N-dealkylation sites (tertiary alicyclic amines) is 1. The van der Waals surface area contributed by atoms with Crippen molar-refractivity contribution < 1.29 is 0 Å². The smallest absolute Gasteiger partial charge is 0.183 e. The first-order valence-corrected chi connectivity index (χ1v) is 6.76. The van der Waals surface area contributed by atoms with Crippen LogP contribution in [0.25, 0.3) is 0 Å². The van der Waals surface area contributed by atoms with E-state index in [1.165, 1.54) is 37.2 Å². The Morgan fingerprint density at radius 3 is 3.13 bits per heavy atom. The summed E-state index contributed by atoms with van der Waals surface area (Å²) in [5.41, 5.74) is 0. The van der Waals surface area contributed by atoms with Gasteiger partial charge in [0.1, 0.15) is 0 Å². The van der Waals surface area contributed by atoms with E-state index in [0.29, 0.717) is 4.47 Å². The Balaban J connectivity index is 1.88. The molecule has 0 amide bonds. The lowest BCUT2D eigenvalue weighted by Gasteiger charge is -2.18. The van der Waals surface area contributed by atoms with E-state index in [-0.39, 0.29) is 0 Å². The van der Waals surface area contributed by atoms with Gasteiger partial charge < -0.3 is 0 Å². The number of hydrogen-bond donors (Lipinski definition) is 0. The zero-order chi connectivity index (χ0) is 10.7. The van der Waals surface area contributed by atoms with E-state index in [1.807, 2.05) is 6.20 Å². The zero-order valence-corrected chi connectivity index (χ0v) is 10.7. The van der Waals surface area contributed by atoms with Crippen molar-refractivity contribution >= 4 is 22.9 Å². The molecule has 1 aromatic rings. The van der Waals surface area contributed by atoms with Crippen LogP contribution in [-0.4, -0.2) is 23.0 Å². The third kappa shape index (κ3) is 3.44. The van der Waals surface area contributed by atoms with Crippen LogP contribution in [0.5, 0.6) is 0 Å². The van der Waals surface area contributed by atoms with Crippen molar-refractivity contribution in [1.82, 2.24) is 9.88 Å². The van der Waals surface area contributed by atoms with Gasteiger partial charge in [-0.1, -0.05) is 18.5 Å². The molecule has 84 valence electrons. The molecule has 1 unspecified atom stereocenters. The topological polar surface area (TPSA) is 16.1 Å². The van der Waals surface area contributed by atoms with Crippen LogP contribution in [0.4, 0.5) is 0 Å². The molecule has 0 radical (unpaired) electrons. The lowest BCUT2D eigenvalue weighted by molar-refractivity contribution is 0.276. The third-order valence-electron chi connectivity index (χ3n) is 3.01. The number of rotatable bonds is 2. The minimum atomic E-state index is 0.660. The number of nitrogens with zero attached hydrogens (tertiary/aromatic N) is 2. The van der Waals surface area contributed by atoms with Gasteiger partial charge in [0.05, 0.1) is 0 Å². The van der Waals surface area contributed by atoms with Gasteiger partial charge in [-0.15, -0.1) is 11.3 Å². The van der Waals surface area contributed by atoms with Crippen LogP contribution < -0.4 is 0 Å². The molecule has 15 heavy (non-hydrogen) atoms. The van der Waals surface area contributed by atoms with E-state index in [9.17, 15) is 0 Å². The summed E-state index contributed by atoms with van der Waals surface area (Å²) in [7, 11) is 0. The summed E-state index contributed by atoms with van der Waals surface area (Å²) in [5.74, 6) is 0.889. The van der Waals surface area contributed by atoms with Gasteiger partial charge in [-0.05, 0) is 38.3 Å². The standard InChI is InChI=1S/C11H17ClN2S/c1-9-3-2-5-14(6-4-9)8-10-7-13-11(12)15-10/h7,9H,2-6,8H2,1H3. The molecule has 0 saturated carbocycles. The summed E-state index contributed by atoms with van der Waals surface area (Å²) in [5, 5.41) is 0. The molecule has 2 heterocycles. The van der Waals surface area contributed by atoms with Crippen LogP contribution in [0.2, 0.25) is 4.47 Å². The highest BCUT2D eigenvalue weighted by atomic mass is 35.5. The molecular weight excluding hydrogens is 228 g/mol. The number of thiazole rings is 1. The highest BCUT2D eigenvalue weighted by Gasteiger charge is 2.14. The normalized spacial score (nSPS) is 24.0. The Bertz CT molecular complexity index is 313. The molecule has 0 spiro atoms. The first-order chi connectivity index (χ1) is 7.24. The monoisotopic (exact) mass is 244 g/mol. The molecule has 0 N–H and O–H groups in total. The van der Waals surface area contributed by atoms with Crippen LogP contribution >= 0.6 is 22.9 Å². The highest BCUT2D eigenvalue weighted by molar-refractivity contribution is 7.15. The molecule has 1 atom stereocenters. The SMILES string of the molecule is CC1CCCN(Cc2cnc(Cl)s2)CC1. The fourth-order valence-electron chi connectivity index (χ4n) is 2.06. The lowest BCUT2D eigenvalue weighted by atomic mass is 10.0. The molecule has 4 heteroatoms. The van der Waals surface area contributed by atoms with Gasteiger partial charge in [-0.3, -0.25) is 4.90 Å². The van der Waals surface area contributed by atoms with Crippen LogP contribution in [0, 0.1) is 5.92 Å². The van der Waals surface area contributed by atoms with Crippen molar-refractivity contribution in [3.05, 3.63) is 15.5 Å². The minimum absolute atomic E-state index is 0.660. The summed E-state index contributed by atoms with van der Waals surface area (Å²) >= 11 is 7.42. The van der Waals surface area contributed by atoms with Gasteiger partial charge in [0.15, 0.2) is 4.47 Å². The quantitative estimate of drug-likeness (QED) is 0.793. The van der Waals surface area contributed by atoms with Gasteiger partial charge in [0, 0.05) is 17.6 Å². The van der Waals surface area contributed by atoms with Crippen LogP contribution in [-0.2, 0) is 6.54 Å². The van der Waals surface area contributed by atoms with Crippen molar-refractivity contribution in [2.45, 2.75) is 32.7 Å². The van der Waals surface area contributed by atoms with Gasteiger partial charge in [-0.25, -0.2) is 4.98 Å². The van der Waals surface area contributed by atoms with Crippen molar-refractivity contribution in [1.29, 1.82) is 0 Å². The van der Waals surface area contributed by atoms with E-state index in [4.69, 9.17) is 11.6 Å². The molecule has 0 aromatic carbocycles. The molecule has 1 fully saturated rings. The number of halogens is 1.